The Bertz CT molecular complexity index is 740. The molecule has 21 heavy (non-hydrogen) atoms. The lowest BCUT2D eigenvalue weighted by Crippen LogP contribution is -2.31. The number of benzene rings is 2. The van der Waals surface area contributed by atoms with Gasteiger partial charge in [-0.25, -0.2) is 9.18 Å². The Morgan fingerprint density at radius 1 is 1.19 bits per heavy atom. The molecule has 0 aliphatic carbocycles. The molecule has 0 atom stereocenters. The molecule has 2 aromatic rings. The van der Waals surface area contributed by atoms with Crippen molar-refractivity contribution >= 4 is 39.5 Å². The molecule has 0 bridgehead atoms. The van der Waals surface area contributed by atoms with Crippen molar-refractivity contribution in [1.82, 2.24) is 0 Å². The van der Waals surface area contributed by atoms with Crippen LogP contribution in [0, 0.1) is 5.82 Å². The lowest BCUT2D eigenvalue weighted by Gasteiger charge is -2.27. The van der Waals surface area contributed by atoms with Crippen LogP contribution in [0.1, 0.15) is 11.1 Å². The van der Waals surface area contributed by atoms with Crippen molar-refractivity contribution in [2.75, 3.05) is 11.9 Å². The zero-order valence-corrected chi connectivity index (χ0v) is 12.7. The van der Waals surface area contributed by atoms with Gasteiger partial charge >= 0.3 is 6.09 Å². The number of hydrogen-bond acceptors (Lipinski definition) is 2. The van der Waals surface area contributed by atoms with Crippen molar-refractivity contribution in [3.8, 4) is 0 Å². The molecule has 1 aliphatic rings. The fraction of sp³-hybridized carbons (Fsp3) is 0.0625. The highest BCUT2D eigenvalue weighted by Gasteiger charge is 2.26. The lowest BCUT2D eigenvalue weighted by atomic mass is 10.1. The van der Waals surface area contributed by atoms with E-state index >= 15 is 0 Å². The van der Waals surface area contributed by atoms with Gasteiger partial charge in [0.15, 0.2) is 0 Å². The summed E-state index contributed by atoms with van der Waals surface area (Å²) in [6.07, 6.45) is 1.23. The maximum atomic E-state index is 13.5. The second-order valence-electron chi connectivity index (χ2n) is 4.65. The van der Waals surface area contributed by atoms with Crippen LogP contribution in [0.25, 0.3) is 11.8 Å². The highest BCUT2D eigenvalue weighted by Crippen LogP contribution is 2.34. The average Bonchev–Trinajstić information content (AvgIpc) is 2.47. The highest BCUT2D eigenvalue weighted by molar-refractivity contribution is 9.10. The van der Waals surface area contributed by atoms with E-state index in [9.17, 15) is 9.18 Å². The van der Waals surface area contributed by atoms with Crippen LogP contribution in [0.2, 0.25) is 0 Å². The van der Waals surface area contributed by atoms with Crippen LogP contribution in [0.15, 0.2) is 46.9 Å². The fourth-order valence-corrected chi connectivity index (χ4v) is 2.40. The largest absolute Gasteiger partial charge is 0.419 e. The predicted octanol–water partition coefficient (Wildman–Crippen LogP) is 4.67. The summed E-state index contributed by atoms with van der Waals surface area (Å²) in [5, 5.41) is 0. The number of amides is 1. The van der Waals surface area contributed by atoms with Crippen molar-refractivity contribution in [3.63, 3.8) is 0 Å². The van der Waals surface area contributed by atoms with E-state index in [1.165, 1.54) is 17.0 Å². The Kier molecular flexibility index (Phi) is 3.51. The standard InChI is InChI=1S/C16H11BrFNO2/c1-19-14-7-6-12(18)9-13(14)15(21-16(19)20)8-10-2-4-11(17)5-3-10/h2-9H,1H3/b15-8-. The molecule has 0 spiro atoms. The summed E-state index contributed by atoms with van der Waals surface area (Å²) in [6, 6.07) is 11.8. The molecule has 0 aromatic heterocycles. The second kappa shape index (κ2) is 5.33. The average molecular weight is 348 g/mol. The van der Waals surface area contributed by atoms with Gasteiger partial charge in [0.1, 0.15) is 11.6 Å². The minimum absolute atomic E-state index is 0.343. The molecule has 0 fully saturated rings. The van der Waals surface area contributed by atoms with Crippen LogP contribution in [-0.4, -0.2) is 13.1 Å². The van der Waals surface area contributed by atoms with Crippen molar-refractivity contribution in [2.24, 2.45) is 0 Å². The number of carbonyl (C=O) groups is 1. The third-order valence-corrected chi connectivity index (χ3v) is 3.75. The van der Waals surface area contributed by atoms with E-state index in [0.717, 1.165) is 10.0 Å². The number of hydrogen-bond donors (Lipinski definition) is 0. The molecule has 0 saturated heterocycles. The van der Waals surface area contributed by atoms with E-state index in [4.69, 9.17) is 4.74 Å². The quantitative estimate of drug-likeness (QED) is 0.749. The smallest absolute Gasteiger partial charge is 0.409 e. The number of nitrogens with zero attached hydrogens (tertiary/aromatic N) is 1. The zero-order chi connectivity index (χ0) is 15.0. The predicted molar refractivity (Wildman–Crippen MR) is 83.3 cm³/mol. The summed E-state index contributed by atoms with van der Waals surface area (Å²) in [5.74, 6) is -0.0308. The van der Waals surface area contributed by atoms with Crippen LogP contribution in [-0.2, 0) is 4.74 Å². The molecule has 1 aliphatic heterocycles. The van der Waals surface area contributed by atoms with Gasteiger partial charge in [-0.2, -0.15) is 0 Å². The van der Waals surface area contributed by atoms with E-state index in [-0.39, 0.29) is 5.82 Å². The van der Waals surface area contributed by atoms with Gasteiger partial charge in [-0.15, -0.1) is 0 Å². The van der Waals surface area contributed by atoms with E-state index in [1.807, 2.05) is 24.3 Å². The van der Waals surface area contributed by atoms with E-state index < -0.39 is 6.09 Å². The fourth-order valence-electron chi connectivity index (χ4n) is 2.13. The molecule has 0 saturated carbocycles. The highest BCUT2D eigenvalue weighted by atomic mass is 79.9. The molecule has 0 N–H and O–H groups in total. The van der Waals surface area contributed by atoms with Crippen molar-refractivity contribution in [2.45, 2.75) is 0 Å². The number of carbonyl (C=O) groups excluding carboxylic acids is 1. The molecule has 3 rings (SSSR count). The summed E-state index contributed by atoms with van der Waals surface area (Å²) >= 11 is 3.36. The summed E-state index contributed by atoms with van der Waals surface area (Å²) < 4.78 is 19.7. The Balaban J connectivity index is 2.11. The number of ether oxygens (including phenoxy) is 1. The number of rotatable bonds is 1. The first-order valence-electron chi connectivity index (χ1n) is 6.27. The first-order valence-corrected chi connectivity index (χ1v) is 7.06. The number of anilines is 1. The van der Waals surface area contributed by atoms with Gasteiger partial charge in [0.25, 0.3) is 0 Å². The molecule has 1 amide bonds. The van der Waals surface area contributed by atoms with Crippen molar-refractivity contribution in [3.05, 3.63) is 63.9 Å². The Morgan fingerprint density at radius 3 is 2.62 bits per heavy atom. The molecule has 0 radical (unpaired) electrons. The summed E-state index contributed by atoms with van der Waals surface area (Å²) in [4.78, 5) is 13.2. The summed E-state index contributed by atoms with van der Waals surface area (Å²) in [6.45, 7) is 0. The van der Waals surface area contributed by atoms with Gasteiger partial charge in [0, 0.05) is 17.1 Å². The van der Waals surface area contributed by atoms with E-state index in [2.05, 4.69) is 15.9 Å². The lowest BCUT2D eigenvalue weighted by molar-refractivity contribution is 0.199. The first kappa shape index (κ1) is 13.8. The van der Waals surface area contributed by atoms with Crippen LogP contribution in [0.4, 0.5) is 14.9 Å². The SMILES string of the molecule is CN1C(=O)O/C(=C\c2ccc(Br)cc2)c2cc(F)ccc21. The zero-order valence-electron chi connectivity index (χ0n) is 11.1. The molecule has 0 unspecified atom stereocenters. The van der Waals surface area contributed by atoms with E-state index in [1.54, 1.807) is 19.2 Å². The third kappa shape index (κ3) is 2.69. The van der Waals surface area contributed by atoms with Gasteiger partial charge in [-0.1, -0.05) is 28.1 Å². The normalized spacial score (nSPS) is 15.9. The van der Waals surface area contributed by atoms with Crippen LogP contribution < -0.4 is 4.90 Å². The first-order chi connectivity index (χ1) is 10.0. The van der Waals surface area contributed by atoms with Crippen molar-refractivity contribution in [1.29, 1.82) is 0 Å². The summed E-state index contributed by atoms with van der Waals surface area (Å²) in [5.41, 5.74) is 2.04. The maximum absolute atomic E-state index is 13.5. The Morgan fingerprint density at radius 2 is 1.90 bits per heavy atom. The summed E-state index contributed by atoms with van der Waals surface area (Å²) in [7, 11) is 1.59. The maximum Gasteiger partial charge on any atom is 0.419 e. The van der Waals surface area contributed by atoms with Gasteiger partial charge in [-0.05, 0) is 42.0 Å². The van der Waals surface area contributed by atoms with Crippen molar-refractivity contribution < 1.29 is 13.9 Å². The third-order valence-electron chi connectivity index (χ3n) is 3.22. The van der Waals surface area contributed by atoms with Gasteiger partial charge < -0.3 is 4.74 Å². The van der Waals surface area contributed by atoms with Crippen LogP contribution in [0.5, 0.6) is 0 Å². The molecule has 2 aromatic carbocycles. The van der Waals surface area contributed by atoms with Gasteiger partial charge in [0.05, 0.1) is 5.69 Å². The molecule has 5 heteroatoms. The van der Waals surface area contributed by atoms with Gasteiger partial charge in [0.2, 0.25) is 0 Å². The minimum atomic E-state index is -0.488. The number of cyclic esters (lactones) is 1. The number of fused-ring (bicyclic) bond motifs is 1. The van der Waals surface area contributed by atoms with Gasteiger partial charge in [-0.3, -0.25) is 4.90 Å². The molecular weight excluding hydrogens is 337 g/mol. The topological polar surface area (TPSA) is 29.5 Å². The monoisotopic (exact) mass is 347 g/mol. The molecule has 1 heterocycles. The van der Waals surface area contributed by atoms with Crippen LogP contribution in [0.3, 0.4) is 0 Å². The molecule has 106 valence electrons. The van der Waals surface area contributed by atoms with E-state index in [0.29, 0.717) is 17.0 Å². The molecular formula is C16H11BrFNO2. The Hall–Kier alpha value is -2.14. The Labute approximate surface area is 129 Å². The number of halogens is 2. The second-order valence-corrected chi connectivity index (χ2v) is 5.56. The minimum Gasteiger partial charge on any atom is -0.409 e. The molecule has 3 nitrogen and oxygen atoms in total. The van der Waals surface area contributed by atoms with Crippen LogP contribution >= 0.6 is 15.9 Å².